The highest BCUT2D eigenvalue weighted by Crippen LogP contribution is 2.25. The molecule has 124 valence electrons. The van der Waals surface area contributed by atoms with Crippen LogP contribution in [0.3, 0.4) is 0 Å². The Morgan fingerprint density at radius 3 is 2.75 bits per heavy atom. The van der Waals surface area contributed by atoms with Crippen molar-refractivity contribution in [2.45, 2.75) is 26.7 Å². The maximum absolute atomic E-state index is 12.2. The summed E-state index contributed by atoms with van der Waals surface area (Å²) in [6.45, 7) is 4.20. The molecule has 0 radical (unpaired) electrons. The van der Waals surface area contributed by atoms with Crippen molar-refractivity contribution in [3.63, 3.8) is 0 Å². The normalized spacial score (nSPS) is 10.0. The number of nitrogen functional groups attached to an aromatic ring is 1. The Morgan fingerprint density at radius 1 is 1.33 bits per heavy atom. The van der Waals surface area contributed by atoms with Gasteiger partial charge in [-0.25, -0.2) is 0 Å². The molecule has 0 atom stereocenters. The van der Waals surface area contributed by atoms with Crippen LogP contribution in [0.25, 0.3) is 0 Å². The molecule has 0 unspecified atom stereocenters. The highest BCUT2D eigenvalue weighted by Gasteiger charge is 2.13. The van der Waals surface area contributed by atoms with Crippen LogP contribution in [0.1, 0.15) is 30.5 Å². The van der Waals surface area contributed by atoms with Crippen LogP contribution in [-0.4, -0.2) is 17.5 Å². The maximum Gasteiger partial charge on any atom is 0.235 e. The summed E-state index contributed by atoms with van der Waals surface area (Å²) in [6.07, 6.45) is 1.15. The Labute approximate surface area is 141 Å². The number of carbonyl (C=O) groups excluding carboxylic acids is 1. The number of rotatable bonds is 6. The van der Waals surface area contributed by atoms with E-state index in [0.717, 1.165) is 12.0 Å². The lowest BCUT2D eigenvalue weighted by Gasteiger charge is -2.11. The molecule has 0 aliphatic heterocycles. The topological polar surface area (TPSA) is 101 Å². The second-order valence-corrected chi connectivity index (χ2v) is 5.22. The van der Waals surface area contributed by atoms with E-state index in [1.165, 1.54) is 11.6 Å². The molecule has 0 aliphatic carbocycles. The van der Waals surface area contributed by atoms with E-state index >= 15 is 0 Å². The number of benzene rings is 1. The molecular formula is C18H20N4O2. The number of hydrogen-bond donors (Lipinski definition) is 2. The molecule has 0 bridgehead atoms. The van der Waals surface area contributed by atoms with Gasteiger partial charge in [-0.3, -0.25) is 4.79 Å². The van der Waals surface area contributed by atoms with E-state index in [4.69, 9.17) is 15.7 Å². The van der Waals surface area contributed by atoms with Crippen molar-refractivity contribution in [2.24, 2.45) is 0 Å². The zero-order valence-corrected chi connectivity index (χ0v) is 13.8. The monoisotopic (exact) mass is 324 g/mol. The Bertz CT molecular complexity index is 781. The van der Waals surface area contributed by atoms with Crippen LogP contribution in [0.4, 0.5) is 11.5 Å². The summed E-state index contributed by atoms with van der Waals surface area (Å²) in [7, 11) is 0. The van der Waals surface area contributed by atoms with E-state index in [0.29, 0.717) is 6.61 Å². The zero-order chi connectivity index (χ0) is 17.5. The Morgan fingerprint density at radius 2 is 2.08 bits per heavy atom. The van der Waals surface area contributed by atoms with Crippen LogP contribution >= 0.6 is 0 Å². The maximum atomic E-state index is 12.2. The molecular weight excluding hydrogens is 304 g/mol. The fourth-order valence-corrected chi connectivity index (χ4v) is 2.29. The second-order valence-electron chi connectivity index (χ2n) is 5.22. The van der Waals surface area contributed by atoms with Gasteiger partial charge < -0.3 is 15.8 Å². The third-order valence-electron chi connectivity index (χ3n) is 3.44. The first-order valence-corrected chi connectivity index (χ1v) is 7.78. The Kier molecular flexibility index (Phi) is 5.74. The molecule has 1 aromatic carbocycles. The van der Waals surface area contributed by atoms with Crippen molar-refractivity contribution >= 4 is 17.4 Å². The summed E-state index contributed by atoms with van der Waals surface area (Å²) < 4.78 is 5.31. The number of nitrogens with zero attached hydrogens (tertiary/aromatic N) is 2. The molecule has 0 aliphatic rings. The lowest BCUT2D eigenvalue weighted by Crippen LogP contribution is -2.16. The van der Waals surface area contributed by atoms with Gasteiger partial charge in [-0.2, -0.15) is 10.2 Å². The Balaban J connectivity index is 2.15. The van der Waals surface area contributed by atoms with Crippen LogP contribution in [0, 0.1) is 11.3 Å². The van der Waals surface area contributed by atoms with Gasteiger partial charge >= 0.3 is 0 Å². The number of anilines is 2. The van der Waals surface area contributed by atoms with Crippen molar-refractivity contribution in [2.75, 3.05) is 17.7 Å². The number of amides is 1. The number of aromatic nitrogens is 1. The van der Waals surface area contributed by atoms with Gasteiger partial charge in [-0.05, 0) is 24.5 Å². The number of nitriles is 1. The van der Waals surface area contributed by atoms with E-state index < -0.39 is 0 Å². The molecule has 6 nitrogen and oxygen atoms in total. The fraction of sp³-hybridized carbons (Fsp3) is 0.278. The number of ether oxygens (including phenoxy) is 1. The molecule has 1 heterocycles. The highest BCUT2D eigenvalue weighted by molar-refractivity contribution is 5.92. The van der Waals surface area contributed by atoms with Gasteiger partial charge in [-0.1, -0.05) is 31.2 Å². The zero-order valence-electron chi connectivity index (χ0n) is 13.8. The minimum absolute atomic E-state index is 0.128. The van der Waals surface area contributed by atoms with Crippen LogP contribution < -0.4 is 15.8 Å². The van der Waals surface area contributed by atoms with Crippen LogP contribution in [0.5, 0.6) is 5.88 Å². The summed E-state index contributed by atoms with van der Waals surface area (Å²) >= 11 is 0. The first kappa shape index (κ1) is 17.3. The summed E-state index contributed by atoms with van der Waals surface area (Å²) in [5.74, 6) is 0.192. The minimum atomic E-state index is -0.206. The number of pyridine rings is 1. The molecule has 2 aromatic rings. The van der Waals surface area contributed by atoms with Gasteiger partial charge in [0.2, 0.25) is 11.8 Å². The first-order chi connectivity index (χ1) is 11.6. The molecule has 0 spiro atoms. The number of nitrogens with two attached hydrogens (primary N) is 1. The highest BCUT2D eigenvalue weighted by atomic mass is 16.5. The van der Waals surface area contributed by atoms with Crippen LogP contribution in [-0.2, 0) is 17.6 Å². The molecule has 24 heavy (non-hydrogen) atoms. The quantitative estimate of drug-likeness (QED) is 0.850. The summed E-state index contributed by atoms with van der Waals surface area (Å²) in [5.41, 5.74) is 8.34. The van der Waals surface area contributed by atoms with Gasteiger partial charge in [0.25, 0.3) is 0 Å². The van der Waals surface area contributed by atoms with E-state index in [1.54, 1.807) is 6.92 Å². The number of hydrogen-bond acceptors (Lipinski definition) is 5. The van der Waals surface area contributed by atoms with Gasteiger partial charge in [0.1, 0.15) is 17.5 Å². The van der Waals surface area contributed by atoms with Crippen molar-refractivity contribution in [1.82, 2.24) is 4.98 Å². The first-order valence-electron chi connectivity index (χ1n) is 7.78. The number of nitrogens with one attached hydrogen (secondary N) is 1. The predicted octanol–water partition coefficient (Wildman–Crippen LogP) is 2.68. The molecule has 3 N–H and O–H groups in total. The summed E-state index contributed by atoms with van der Waals surface area (Å²) in [6, 6.07) is 11.3. The molecule has 0 saturated heterocycles. The number of aryl methyl sites for hydroxylation is 1. The van der Waals surface area contributed by atoms with Crippen molar-refractivity contribution in [3.05, 3.63) is 47.0 Å². The lowest BCUT2D eigenvalue weighted by atomic mass is 10.1. The van der Waals surface area contributed by atoms with Crippen molar-refractivity contribution in [3.8, 4) is 11.9 Å². The van der Waals surface area contributed by atoms with Gasteiger partial charge in [-0.15, -0.1) is 0 Å². The molecule has 2 rings (SSSR count). The average Bonchev–Trinajstić information content (AvgIpc) is 2.55. The number of carbonyl (C=O) groups is 1. The predicted molar refractivity (Wildman–Crippen MR) is 92.7 cm³/mol. The third-order valence-corrected chi connectivity index (χ3v) is 3.44. The van der Waals surface area contributed by atoms with Crippen molar-refractivity contribution in [1.29, 1.82) is 5.26 Å². The second kappa shape index (κ2) is 7.97. The third kappa shape index (κ3) is 4.23. The summed E-state index contributed by atoms with van der Waals surface area (Å²) in [5, 5.41) is 11.8. The minimum Gasteiger partial charge on any atom is -0.477 e. The van der Waals surface area contributed by atoms with Crippen LogP contribution in [0.15, 0.2) is 30.3 Å². The van der Waals surface area contributed by atoms with E-state index in [1.807, 2.05) is 30.3 Å². The SMILES string of the molecule is CCOc1nc(NC(=O)Cc2cccc(CC)c2)cc(N)c1C#N. The van der Waals surface area contributed by atoms with Gasteiger partial charge in [0.15, 0.2) is 0 Å². The molecule has 6 heteroatoms. The van der Waals surface area contributed by atoms with Crippen molar-refractivity contribution < 1.29 is 9.53 Å². The molecule has 1 aromatic heterocycles. The standard InChI is InChI=1S/C18H20N4O2/c1-3-12-6-5-7-13(8-12)9-17(23)21-16-10-15(20)14(11-19)18(22-16)24-4-2/h5-8,10H,3-4,9H2,1-2H3,(H3,20,21,22,23). The Hall–Kier alpha value is -3.07. The van der Waals surface area contributed by atoms with Crippen LogP contribution in [0.2, 0.25) is 0 Å². The van der Waals surface area contributed by atoms with Gasteiger partial charge in [0.05, 0.1) is 18.7 Å². The van der Waals surface area contributed by atoms with E-state index in [2.05, 4.69) is 17.2 Å². The smallest absolute Gasteiger partial charge is 0.235 e. The fourth-order valence-electron chi connectivity index (χ4n) is 2.29. The molecule has 1 amide bonds. The van der Waals surface area contributed by atoms with Gasteiger partial charge in [0, 0.05) is 6.07 Å². The van der Waals surface area contributed by atoms with E-state index in [-0.39, 0.29) is 35.3 Å². The summed E-state index contributed by atoms with van der Waals surface area (Å²) in [4.78, 5) is 16.4. The van der Waals surface area contributed by atoms with E-state index in [9.17, 15) is 4.79 Å². The largest absolute Gasteiger partial charge is 0.477 e. The molecule has 0 saturated carbocycles. The lowest BCUT2D eigenvalue weighted by molar-refractivity contribution is -0.115. The average molecular weight is 324 g/mol. The molecule has 0 fully saturated rings.